The lowest BCUT2D eigenvalue weighted by Gasteiger charge is -2.29. The first-order valence-corrected chi connectivity index (χ1v) is 11.6. The third-order valence-electron chi connectivity index (χ3n) is 6.18. The number of nitrogens with one attached hydrogen (secondary N) is 2. The summed E-state index contributed by atoms with van der Waals surface area (Å²) in [5.41, 5.74) is 1.61. The fraction of sp³-hybridized carbons (Fsp3) is 0.400. The maximum Gasteiger partial charge on any atom is 0.251 e. The zero-order chi connectivity index (χ0) is 22.5. The molecule has 0 unspecified atom stereocenters. The Morgan fingerprint density at radius 2 is 1.62 bits per heavy atom. The Morgan fingerprint density at radius 3 is 2.31 bits per heavy atom. The van der Waals surface area contributed by atoms with Crippen LogP contribution in [0.4, 0.5) is 11.8 Å². The number of carbonyl (C=O) groups is 1. The van der Waals surface area contributed by atoms with Gasteiger partial charge >= 0.3 is 0 Å². The minimum absolute atomic E-state index is 0.0318. The number of hydrogen-bond donors (Lipinski definition) is 2. The molecule has 4 rings (SSSR count). The first kappa shape index (κ1) is 22.3. The van der Waals surface area contributed by atoms with Gasteiger partial charge < -0.3 is 15.5 Å². The number of hydrogen-bond acceptors (Lipinski definition) is 5. The molecule has 0 aliphatic heterocycles. The topological polar surface area (TPSA) is 70.2 Å². The highest BCUT2D eigenvalue weighted by molar-refractivity contribution is 6.30. The smallest absolute Gasteiger partial charge is 0.251 e. The molecule has 1 fully saturated rings. The third kappa shape index (κ3) is 5.49. The highest BCUT2D eigenvalue weighted by atomic mass is 35.5. The molecule has 0 atom stereocenters. The second-order valence-electron chi connectivity index (χ2n) is 8.77. The van der Waals surface area contributed by atoms with Crippen molar-refractivity contribution in [3.63, 3.8) is 0 Å². The Morgan fingerprint density at radius 1 is 0.969 bits per heavy atom. The Bertz CT molecular complexity index is 1060. The molecular formula is C25H30ClN5O. The highest BCUT2D eigenvalue weighted by Crippen LogP contribution is 2.29. The van der Waals surface area contributed by atoms with Crippen LogP contribution in [0, 0.1) is 11.8 Å². The number of rotatable bonds is 7. The van der Waals surface area contributed by atoms with Gasteiger partial charge in [-0.2, -0.15) is 4.98 Å². The van der Waals surface area contributed by atoms with Crippen LogP contribution in [-0.2, 0) is 0 Å². The minimum atomic E-state index is -0.0318. The molecule has 1 saturated carbocycles. The van der Waals surface area contributed by atoms with Crippen LogP contribution in [0.3, 0.4) is 0 Å². The fourth-order valence-electron chi connectivity index (χ4n) is 4.30. The Hall–Kier alpha value is -2.86. The van der Waals surface area contributed by atoms with Crippen molar-refractivity contribution < 1.29 is 4.79 Å². The van der Waals surface area contributed by atoms with Crippen LogP contribution in [0.25, 0.3) is 10.9 Å². The number of fused-ring (bicyclic) bond motifs is 1. The molecule has 0 radical (unpaired) electrons. The summed E-state index contributed by atoms with van der Waals surface area (Å²) in [6, 6.07) is 15.1. The van der Waals surface area contributed by atoms with Gasteiger partial charge in [0.2, 0.25) is 5.95 Å². The fourth-order valence-corrected chi connectivity index (χ4v) is 4.42. The van der Waals surface area contributed by atoms with Gasteiger partial charge in [-0.3, -0.25) is 4.79 Å². The molecule has 1 heterocycles. The van der Waals surface area contributed by atoms with Crippen molar-refractivity contribution in [2.24, 2.45) is 11.8 Å². The monoisotopic (exact) mass is 451 g/mol. The minimum Gasteiger partial charge on any atom is -0.362 e. The molecule has 32 heavy (non-hydrogen) atoms. The largest absolute Gasteiger partial charge is 0.362 e. The normalized spacial score (nSPS) is 18.3. The van der Waals surface area contributed by atoms with E-state index in [0.717, 1.165) is 55.5 Å². The summed E-state index contributed by atoms with van der Waals surface area (Å²) in [5.74, 6) is 2.70. The number of amides is 1. The third-order valence-corrected chi connectivity index (χ3v) is 6.43. The summed E-state index contributed by atoms with van der Waals surface area (Å²) < 4.78 is 0. The molecule has 0 saturated heterocycles. The van der Waals surface area contributed by atoms with Gasteiger partial charge in [0.05, 0.1) is 5.52 Å². The zero-order valence-electron chi connectivity index (χ0n) is 18.6. The van der Waals surface area contributed by atoms with Gasteiger partial charge in [-0.05, 0) is 73.9 Å². The maximum absolute atomic E-state index is 12.3. The summed E-state index contributed by atoms with van der Waals surface area (Å²) >= 11 is 5.89. The molecule has 1 amide bonds. The molecule has 1 aliphatic carbocycles. The zero-order valence-corrected chi connectivity index (χ0v) is 19.4. The standard InChI is InChI=1S/C25H30ClN5O/c1-31(2)23-21-5-3-4-6-22(21)29-25(30-23)28-16-18-9-7-17(8-10-18)15-27-24(32)19-11-13-20(26)14-12-19/h3-6,11-14,17-18H,7-10,15-16H2,1-2H3,(H,27,32)(H,28,29,30). The number of benzene rings is 2. The quantitative estimate of drug-likeness (QED) is 0.529. The molecule has 168 valence electrons. The Balaban J connectivity index is 1.26. The summed E-state index contributed by atoms with van der Waals surface area (Å²) in [6.45, 7) is 1.59. The van der Waals surface area contributed by atoms with E-state index in [4.69, 9.17) is 21.6 Å². The van der Waals surface area contributed by atoms with Crippen molar-refractivity contribution in [2.45, 2.75) is 25.7 Å². The van der Waals surface area contributed by atoms with Crippen LogP contribution in [-0.4, -0.2) is 43.1 Å². The number of nitrogens with zero attached hydrogens (tertiary/aromatic N) is 3. The van der Waals surface area contributed by atoms with E-state index in [9.17, 15) is 4.79 Å². The van der Waals surface area contributed by atoms with Crippen molar-refractivity contribution in [2.75, 3.05) is 37.4 Å². The van der Waals surface area contributed by atoms with Crippen molar-refractivity contribution in [1.82, 2.24) is 15.3 Å². The van der Waals surface area contributed by atoms with Crippen molar-refractivity contribution >= 4 is 40.2 Å². The van der Waals surface area contributed by atoms with Crippen LogP contribution in [0.1, 0.15) is 36.0 Å². The van der Waals surface area contributed by atoms with E-state index in [1.165, 1.54) is 0 Å². The maximum atomic E-state index is 12.3. The predicted molar refractivity (Wildman–Crippen MR) is 132 cm³/mol. The van der Waals surface area contributed by atoms with E-state index in [0.29, 0.717) is 28.4 Å². The van der Waals surface area contributed by atoms with Crippen LogP contribution >= 0.6 is 11.6 Å². The molecule has 0 bridgehead atoms. The number of halogens is 1. The van der Waals surface area contributed by atoms with Crippen molar-refractivity contribution in [3.8, 4) is 0 Å². The van der Waals surface area contributed by atoms with Crippen LogP contribution in [0.15, 0.2) is 48.5 Å². The van der Waals surface area contributed by atoms with E-state index in [1.54, 1.807) is 24.3 Å². The van der Waals surface area contributed by atoms with Gasteiger partial charge in [0.15, 0.2) is 0 Å². The van der Waals surface area contributed by atoms with E-state index < -0.39 is 0 Å². The van der Waals surface area contributed by atoms with E-state index >= 15 is 0 Å². The molecule has 6 nitrogen and oxygen atoms in total. The van der Waals surface area contributed by atoms with Gasteiger partial charge in [-0.25, -0.2) is 4.98 Å². The molecule has 1 aromatic heterocycles. The van der Waals surface area contributed by atoms with Crippen LogP contribution in [0.2, 0.25) is 5.02 Å². The molecule has 2 aromatic carbocycles. The molecular weight excluding hydrogens is 422 g/mol. The van der Waals surface area contributed by atoms with E-state index in [-0.39, 0.29) is 5.91 Å². The SMILES string of the molecule is CN(C)c1nc(NCC2CCC(CNC(=O)c3ccc(Cl)cc3)CC2)nc2ccccc12. The van der Waals surface area contributed by atoms with Gasteiger partial charge in [0, 0.05) is 43.2 Å². The average molecular weight is 452 g/mol. The van der Waals surface area contributed by atoms with Crippen LogP contribution in [0.5, 0.6) is 0 Å². The van der Waals surface area contributed by atoms with Crippen LogP contribution < -0.4 is 15.5 Å². The number of para-hydroxylation sites is 1. The lowest BCUT2D eigenvalue weighted by Crippen LogP contribution is -2.32. The Kier molecular flexibility index (Phi) is 7.10. The summed E-state index contributed by atoms with van der Waals surface area (Å²) in [4.78, 5) is 23.8. The molecule has 1 aliphatic rings. The second-order valence-corrected chi connectivity index (χ2v) is 9.20. The first-order chi connectivity index (χ1) is 15.5. The van der Waals surface area contributed by atoms with Gasteiger partial charge in [0.1, 0.15) is 5.82 Å². The molecule has 2 N–H and O–H groups in total. The van der Waals surface area contributed by atoms with Gasteiger partial charge in [-0.1, -0.05) is 23.7 Å². The molecule has 0 spiro atoms. The van der Waals surface area contributed by atoms with Crippen molar-refractivity contribution in [1.29, 1.82) is 0 Å². The Labute approximate surface area is 194 Å². The first-order valence-electron chi connectivity index (χ1n) is 11.2. The lowest BCUT2D eigenvalue weighted by molar-refractivity contribution is 0.0941. The lowest BCUT2D eigenvalue weighted by atomic mass is 9.82. The number of aromatic nitrogens is 2. The summed E-state index contributed by atoms with van der Waals surface area (Å²) in [6.07, 6.45) is 4.52. The number of anilines is 2. The van der Waals surface area contributed by atoms with Crippen molar-refractivity contribution in [3.05, 3.63) is 59.1 Å². The summed E-state index contributed by atoms with van der Waals surface area (Å²) in [7, 11) is 4.01. The average Bonchev–Trinajstić information content (AvgIpc) is 2.81. The molecule has 3 aromatic rings. The highest BCUT2D eigenvalue weighted by Gasteiger charge is 2.22. The molecule has 7 heteroatoms. The van der Waals surface area contributed by atoms with E-state index in [2.05, 4.69) is 16.7 Å². The predicted octanol–water partition coefficient (Wildman–Crippen LogP) is 5.00. The van der Waals surface area contributed by atoms with Gasteiger partial charge in [-0.15, -0.1) is 0 Å². The number of carbonyl (C=O) groups excluding carboxylic acids is 1. The van der Waals surface area contributed by atoms with Gasteiger partial charge in [0.25, 0.3) is 5.91 Å². The van der Waals surface area contributed by atoms with E-state index in [1.807, 2.05) is 37.2 Å². The summed E-state index contributed by atoms with van der Waals surface area (Å²) in [5, 5.41) is 8.23. The second kappa shape index (κ2) is 10.2.